The zero-order valence-corrected chi connectivity index (χ0v) is 26.0. The van der Waals surface area contributed by atoms with Crippen molar-refractivity contribution in [3.63, 3.8) is 0 Å². The van der Waals surface area contributed by atoms with Gasteiger partial charge in [0.25, 0.3) is 0 Å². The molecule has 6 heteroatoms. The summed E-state index contributed by atoms with van der Waals surface area (Å²) in [6, 6.07) is 26.1. The van der Waals surface area contributed by atoms with Crippen LogP contribution in [0.5, 0.6) is 11.5 Å². The van der Waals surface area contributed by atoms with Crippen LogP contribution in [0.3, 0.4) is 0 Å². The van der Waals surface area contributed by atoms with Crippen LogP contribution >= 0.6 is 0 Å². The highest BCUT2D eigenvalue weighted by Gasteiger charge is 2.46. The number of esters is 2. The molecule has 0 fully saturated rings. The van der Waals surface area contributed by atoms with E-state index in [0.717, 1.165) is 51.0 Å². The normalized spacial score (nSPS) is 12.6. The number of aryl methyl sites for hydroxylation is 4. The van der Waals surface area contributed by atoms with Crippen LogP contribution in [0.25, 0.3) is 11.1 Å². The van der Waals surface area contributed by atoms with Gasteiger partial charge in [0.2, 0.25) is 0 Å². The number of rotatable bonds is 11. The highest BCUT2D eigenvalue weighted by molar-refractivity contribution is 5.86. The molecule has 4 aromatic carbocycles. The van der Waals surface area contributed by atoms with E-state index in [0.29, 0.717) is 0 Å². The first-order chi connectivity index (χ1) is 21.2. The Morgan fingerprint density at radius 2 is 1.07 bits per heavy atom. The van der Waals surface area contributed by atoms with Crippen molar-refractivity contribution in [1.29, 1.82) is 0 Å². The van der Waals surface area contributed by atoms with Crippen LogP contribution in [0.15, 0.2) is 85.5 Å². The molecule has 5 rings (SSSR count). The summed E-state index contributed by atoms with van der Waals surface area (Å²) in [4.78, 5) is 22.7. The van der Waals surface area contributed by atoms with Crippen LogP contribution in [0.2, 0.25) is 0 Å². The van der Waals surface area contributed by atoms with E-state index in [4.69, 9.17) is 18.9 Å². The molecule has 0 N–H and O–H groups in total. The Labute approximate surface area is 259 Å². The third-order valence-corrected chi connectivity index (χ3v) is 8.11. The standard InChI is InChI=1S/C38H38O6/c1-7-35(40)42-17-19-44-37-26(4)22-30(23-27(37)5)38(33-14-10-8-12-31(33)32-13-9-11-15-34(32)38)29-20-24(2)36(25(3)21-29)43-18-16-41-28(6)39/h7-15,20-23H,1,16-19H2,2-6H3. The largest absolute Gasteiger partial charge is 0.489 e. The molecule has 1 aliphatic carbocycles. The van der Waals surface area contributed by atoms with Crippen molar-refractivity contribution in [2.45, 2.75) is 40.0 Å². The lowest BCUT2D eigenvalue weighted by Crippen LogP contribution is -2.29. The number of carbonyl (C=O) groups excluding carboxylic acids is 2. The molecular weight excluding hydrogens is 552 g/mol. The van der Waals surface area contributed by atoms with Crippen LogP contribution in [-0.2, 0) is 24.5 Å². The van der Waals surface area contributed by atoms with Crippen LogP contribution in [0.1, 0.15) is 51.4 Å². The molecule has 0 unspecified atom stereocenters. The summed E-state index contributed by atoms with van der Waals surface area (Å²) in [6.45, 7) is 13.9. The lowest BCUT2D eigenvalue weighted by Gasteiger charge is -2.35. The highest BCUT2D eigenvalue weighted by Crippen LogP contribution is 2.57. The van der Waals surface area contributed by atoms with E-state index in [-0.39, 0.29) is 32.4 Å². The predicted molar refractivity (Wildman–Crippen MR) is 171 cm³/mol. The van der Waals surface area contributed by atoms with Crippen molar-refractivity contribution in [3.05, 3.63) is 130 Å². The molecular formula is C38H38O6. The van der Waals surface area contributed by atoms with E-state index in [1.54, 1.807) is 0 Å². The molecule has 0 aliphatic heterocycles. The Balaban J connectivity index is 1.64. The Morgan fingerprint density at radius 3 is 1.48 bits per heavy atom. The van der Waals surface area contributed by atoms with Crippen molar-refractivity contribution < 1.29 is 28.5 Å². The number of hydrogen-bond donors (Lipinski definition) is 0. The maximum Gasteiger partial charge on any atom is 0.330 e. The number of ether oxygens (including phenoxy) is 4. The van der Waals surface area contributed by atoms with Gasteiger partial charge in [0.1, 0.15) is 37.9 Å². The van der Waals surface area contributed by atoms with Gasteiger partial charge in [-0.25, -0.2) is 4.79 Å². The van der Waals surface area contributed by atoms with Crippen LogP contribution < -0.4 is 9.47 Å². The van der Waals surface area contributed by atoms with E-state index in [9.17, 15) is 9.59 Å². The topological polar surface area (TPSA) is 71.1 Å². The first-order valence-corrected chi connectivity index (χ1v) is 14.8. The average Bonchev–Trinajstić information content (AvgIpc) is 3.30. The summed E-state index contributed by atoms with van der Waals surface area (Å²) < 4.78 is 22.4. The fourth-order valence-corrected chi connectivity index (χ4v) is 6.49. The molecule has 0 spiro atoms. The SMILES string of the molecule is C=CC(=O)OCCOc1c(C)cc(C2(c3cc(C)c(OCCOC(C)=O)c(C)c3)c3ccccc3-c3ccccc32)cc1C. The molecule has 4 aromatic rings. The van der Waals surface area contributed by atoms with Gasteiger partial charge in [-0.1, -0.05) is 79.4 Å². The first-order valence-electron chi connectivity index (χ1n) is 14.8. The molecule has 226 valence electrons. The Morgan fingerprint density at radius 1 is 0.659 bits per heavy atom. The fourth-order valence-electron chi connectivity index (χ4n) is 6.49. The van der Waals surface area contributed by atoms with Gasteiger partial charge in [0.05, 0.1) is 5.41 Å². The van der Waals surface area contributed by atoms with Crippen LogP contribution in [0, 0.1) is 27.7 Å². The van der Waals surface area contributed by atoms with Gasteiger partial charge in [-0.3, -0.25) is 4.79 Å². The fraction of sp³-hybridized carbons (Fsp3) is 0.263. The minimum absolute atomic E-state index is 0.143. The van der Waals surface area contributed by atoms with Gasteiger partial charge in [-0.2, -0.15) is 0 Å². The second-order valence-corrected chi connectivity index (χ2v) is 11.1. The van der Waals surface area contributed by atoms with E-state index in [1.807, 2.05) is 0 Å². The zero-order valence-electron chi connectivity index (χ0n) is 26.0. The molecule has 6 nitrogen and oxygen atoms in total. The summed E-state index contributed by atoms with van der Waals surface area (Å²) >= 11 is 0. The van der Waals surface area contributed by atoms with Crippen molar-refractivity contribution in [2.24, 2.45) is 0 Å². The van der Waals surface area contributed by atoms with Gasteiger partial charge in [-0.05, 0) is 83.3 Å². The Hall–Kier alpha value is -4.84. The summed E-state index contributed by atoms with van der Waals surface area (Å²) in [5.74, 6) is 0.784. The molecule has 0 amide bonds. The summed E-state index contributed by atoms with van der Waals surface area (Å²) in [7, 11) is 0. The third kappa shape index (κ3) is 5.60. The molecule has 0 atom stereocenters. The van der Waals surface area contributed by atoms with Gasteiger partial charge in [-0.15, -0.1) is 0 Å². The molecule has 0 saturated carbocycles. The minimum atomic E-state index is -0.591. The first kappa shape index (κ1) is 30.6. The maximum absolute atomic E-state index is 11.5. The predicted octanol–water partition coefficient (Wildman–Crippen LogP) is 7.33. The lowest BCUT2D eigenvalue weighted by atomic mass is 9.66. The van der Waals surface area contributed by atoms with Crippen molar-refractivity contribution >= 4 is 11.9 Å². The number of carbonyl (C=O) groups is 2. The van der Waals surface area contributed by atoms with E-state index >= 15 is 0 Å². The molecule has 44 heavy (non-hydrogen) atoms. The van der Waals surface area contributed by atoms with Crippen LogP contribution in [0.4, 0.5) is 0 Å². The smallest absolute Gasteiger partial charge is 0.330 e. The average molecular weight is 591 g/mol. The molecule has 0 saturated heterocycles. The van der Waals surface area contributed by atoms with Crippen molar-refractivity contribution in [3.8, 4) is 22.6 Å². The van der Waals surface area contributed by atoms with Crippen molar-refractivity contribution in [1.82, 2.24) is 0 Å². The summed E-state index contributed by atoms with van der Waals surface area (Å²) in [6.07, 6.45) is 1.15. The number of benzene rings is 4. The van der Waals surface area contributed by atoms with Crippen molar-refractivity contribution in [2.75, 3.05) is 26.4 Å². The number of fused-ring (bicyclic) bond motifs is 3. The number of hydrogen-bond acceptors (Lipinski definition) is 6. The van der Waals surface area contributed by atoms with Gasteiger partial charge >= 0.3 is 11.9 Å². The minimum Gasteiger partial charge on any atom is -0.489 e. The van der Waals surface area contributed by atoms with Gasteiger partial charge in [0, 0.05) is 13.0 Å². The molecule has 0 bridgehead atoms. The molecule has 1 aliphatic rings. The Bertz CT molecular complexity index is 1640. The highest BCUT2D eigenvalue weighted by atomic mass is 16.6. The molecule has 0 radical (unpaired) electrons. The third-order valence-electron chi connectivity index (χ3n) is 8.11. The zero-order chi connectivity index (χ0) is 31.4. The quantitative estimate of drug-likeness (QED) is 0.0911. The lowest BCUT2D eigenvalue weighted by molar-refractivity contribution is -0.141. The summed E-state index contributed by atoms with van der Waals surface area (Å²) in [5.41, 5.74) is 10.5. The Kier molecular flexibility index (Phi) is 8.91. The molecule has 0 heterocycles. The van der Waals surface area contributed by atoms with Gasteiger partial charge in [0.15, 0.2) is 0 Å². The second kappa shape index (κ2) is 12.8. The van der Waals surface area contributed by atoms with Crippen LogP contribution in [-0.4, -0.2) is 38.4 Å². The summed E-state index contributed by atoms with van der Waals surface area (Å²) in [5, 5.41) is 0. The maximum atomic E-state index is 11.5. The van der Waals surface area contributed by atoms with E-state index < -0.39 is 11.4 Å². The van der Waals surface area contributed by atoms with E-state index in [1.165, 1.54) is 29.2 Å². The monoisotopic (exact) mass is 590 g/mol. The second-order valence-electron chi connectivity index (χ2n) is 11.1. The molecule has 0 aromatic heterocycles. The van der Waals surface area contributed by atoms with E-state index in [2.05, 4.69) is 107 Å². The van der Waals surface area contributed by atoms with Gasteiger partial charge < -0.3 is 18.9 Å².